The van der Waals surface area contributed by atoms with Crippen LogP contribution in [0.15, 0.2) is 58.1 Å². The van der Waals surface area contributed by atoms with E-state index >= 15 is 0 Å². The number of amides is 3. The third-order valence-corrected chi connectivity index (χ3v) is 3.96. The summed E-state index contributed by atoms with van der Waals surface area (Å²) in [4.78, 5) is 34.5. The molecule has 0 aliphatic heterocycles. The lowest BCUT2D eigenvalue weighted by molar-refractivity contribution is -0.138. The third-order valence-electron chi connectivity index (χ3n) is 3.47. The lowest BCUT2D eigenvalue weighted by Crippen LogP contribution is -2.35. The predicted octanol–water partition coefficient (Wildman–Crippen LogP) is 1.34. The summed E-state index contributed by atoms with van der Waals surface area (Å²) in [7, 11) is 1.34. The fourth-order valence-electron chi connectivity index (χ4n) is 2.07. The predicted molar refractivity (Wildman–Crippen MR) is 108 cm³/mol. The monoisotopic (exact) mass is 446 g/mol. The number of carbonyl (C=O) groups excluding carboxylic acids is 3. The molecule has 2 aromatic rings. The van der Waals surface area contributed by atoms with Gasteiger partial charge in [0.25, 0.3) is 5.91 Å². The normalized spacial score (nSPS) is 10.4. The van der Waals surface area contributed by atoms with Crippen molar-refractivity contribution in [3.05, 3.63) is 64.1 Å². The molecule has 0 saturated carbocycles. The van der Waals surface area contributed by atoms with E-state index in [1.807, 2.05) is 30.3 Å². The van der Waals surface area contributed by atoms with Gasteiger partial charge < -0.3 is 15.4 Å². The van der Waals surface area contributed by atoms with Crippen molar-refractivity contribution in [3.63, 3.8) is 0 Å². The van der Waals surface area contributed by atoms with Crippen molar-refractivity contribution in [1.29, 1.82) is 0 Å². The first-order chi connectivity index (χ1) is 13.5. The first-order valence-corrected chi connectivity index (χ1v) is 9.07. The Bertz CT molecular complexity index is 871. The first kappa shape index (κ1) is 21.1. The van der Waals surface area contributed by atoms with Gasteiger partial charge in [0, 0.05) is 23.6 Å². The van der Waals surface area contributed by atoms with Crippen LogP contribution < -0.4 is 20.8 Å². The molecule has 0 fully saturated rings. The SMILES string of the molecule is CNC(=O)C(=O)N/N=C\c1cc(Br)ccc1OCC(=O)NCc1ccccc1. The second-order valence-corrected chi connectivity index (χ2v) is 6.43. The van der Waals surface area contributed by atoms with Gasteiger partial charge in [-0.3, -0.25) is 14.4 Å². The van der Waals surface area contributed by atoms with E-state index in [1.165, 1.54) is 13.3 Å². The lowest BCUT2D eigenvalue weighted by Gasteiger charge is -2.10. The maximum Gasteiger partial charge on any atom is 0.329 e. The summed E-state index contributed by atoms with van der Waals surface area (Å²) < 4.78 is 6.31. The second-order valence-electron chi connectivity index (χ2n) is 5.51. The minimum Gasteiger partial charge on any atom is -0.483 e. The molecular weight excluding hydrogens is 428 g/mol. The lowest BCUT2D eigenvalue weighted by atomic mass is 10.2. The van der Waals surface area contributed by atoms with Crippen LogP contribution in [0.4, 0.5) is 0 Å². The smallest absolute Gasteiger partial charge is 0.329 e. The number of likely N-dealkylation sites (N-methyl/N-ethyl adjacent to an activating group) is 1. The fraction of sp³-hybridized carbons (Fsp3) is 0.158. The molecular formula is C19H19BrN4O4. The van der Waals surface area contributed by atoms with Gasteiger partial charge in [-0.1, -0.05) is 46.3 Å². The maximum atomic E-state index is 12.0. The molecule has 0 saturated heterocycles. The molecule has 0 aliphatic rings. The summed E-state index contributed by atoms with van der Waals surface area (Å²) in [6.45, 7) is 0.225. The zero-order valence-corrected chi connectivity index (χ0v) is 16.7. The average Bonchev–Trinajstić information content (AvgIpc) is 2.71. The number of ether oxygens (including phenoxy) is 1. The van der Waals surface area contributed by atoms with Crippen molar-refractivity contribution in [2.75, 3.05) is 13.7 Å². The summed E-state index contributed by atoms with van der Waals surface area (Å²) in [5.74, 6) is -1.58. The molecule has 0 aliphatic carbocycles. The molecule has 28 heavy (non-hydrogen) atoms. The van der Waals surface area contributed by atoms with Gasteiger partial charge in [0.05, 0.1) is 6.21 Å². The average molecular weight is 447 g/mol. The minimum absolute atomic E-state index is 0.181. The maximum absolute atomic E-state index is 12.0. The van der Waals surface area contributed by atoms with Gasteiger partial charge in [-0.05, 0) is 23.8 Å². The highest BCUT2D eigenvalue weighted by molar-refractivity contribution is 9.10. The summed E-state index contributed by atoms with van der Waals surface area (Å²) in [6.07, 6.45) is 1.32. The third kappa shape index (κ3) is 6.84. The topological polar surface area (TPSA) is 109 Å². The van der Waals surface area contributed by atoms with Crippen LogP contribution in [0.25, 0.3) is 0 Å². The van der Waals surface area contributed by atoms with Crippen LogP contribution in [-0.2, 0) is 20.9 Å². The first-order valence-electron chi connectivity index (χ1n) is 8.27. The molecule has 3 N–H and O–H groups in total. The number of nitrogens with zero attached hydrogens (tertiary/aromatic N) is 1. The van der Waals surface area contributed by atoms with Gasteiger partial charge in [-0.25, -0.2) is 5.43 Å². The number of hydrogen-bond donors (Lipinski definition) is 3. The molecule has 8 nitrogen and oxygen atoms in total. The van der Waals surface area contributed by atoms with Crippen LogP contribution in [0, 0.1) is 0 Å². The summed E-state index contributed by atoms with van der Waals surface area (Å²) >= 11 is 3.33. The van der Waals surface area contributed by atoms with Crippen molar-refractivity contribution >= 4 is 39.9 Å². The van der Waals surface area contributed by atoms with Crippen molar-refractivity contribution in [2.45, 2.75) is 6.54 Å². The number of rotatable bonds is 7. The zero-order chi connectivity index (χ0) is 20.4. The Labute approximate surface area is 170 Å². The summed E-state index contributed by atoms with van der Waals surface area (Å²) in [5.41, 5.74) is 3.60. The Morgan fingerprint density at radius 1 is 1.11 bits per heavy atom. The van der Waals surface area contributed by atoms with Gasteiger partial charge in [0.1, 0.15) is 5.75 Å². The molecule has 0 atom stereocenters. The Morgan fingerprint density at radius 2 is 1.86 bits per heavy atom. The van der Waals surface area contributed by atoms with E-state index < -0.39 is 11.8 Å². The molecule has 2 aromatic carbocycles. The molecule has 0 radical (unpaired) electrons. The van der Waals surface area contributed by atoms with Gasteiger partial charge >= 0.3 is 11.8 Å². The standard InChI is InChI=1S/C19H19BrN4O4/c1-21-18(26)19(27)24-23-11-14-9-15(20)7-8-16(14)28-12-17(25)22-10-13-5-3-2-4-6-13/h2-9,11H,10,12H2,1H3,(H,21,26)(H,22,25)(H,24,27)/b23-11-. The van der Waals surface area contributed by atoms with Gasteiger partial charge in [-0.15, -0.1) is 0 Å². The molecule has 0 unspecified atom stereocenters. The second kappa shape index (κ2) is 10.8. The van der Waals surface area contributed by atoms with Crippen LogP contribution in [0.2, 0.25) is 0 Å². The number of halogens is 1. The van der Waals surface area contributed by atoms with E-state index in [-0.39, 0.29) is 12.5 Å². The molecule has 0 heterocycles. The van der Waals surface area contributed by atoms with E-state index in [0.29, 0.717) is 17.9 Å². The number of hydrazone groups is 1. The quantitative estimate of drug-likeness (QED) is 0.338. The number of carbonyl (C=O) groups is 3. The van der Waals surface area contributed by atoms with Crippen LogP contribution in [0.3, 0.4) is 0 Å². The molecule has 3 amide bonds. The van der Waals surface area contributed by atoms with E-state index in [4.69, 9.17) is 4.74 Å². The van der Waals surface area contributed by atoms with Crippen molar-refractivity contribution in [2.24, 2.45) is 5.10 Å². The van der Waals surface area contributed by atoms with E-state index in [9.17, 15) is 14.4 Å². The van der Waals surface area contributed by atoms with E-state index in [2.05, 4.69) is 37.1 Å². The number of hydrogen-bond acceptors (Lipinski definition) is 5. The Hall–Kier alpha value is -3.20. The number of benzene rings is 2. The molecule has 0 aromatic heterocycles. The van der Waals surface area contributed by atoms with E-state index in [1.54, 1.807) is 18.2 Å². The highest BCUT2D eigenvalue weighted by Crippen LogP contribution is 2.21. The minimum atomic E-state index is -0.892. The largest absolute Gasteiger partial charge is 0.483 e. The summed E-state index contributed by atoms with van der Waals surface area (Å²) in [5, 5.41) is 8.69. The van der Waals surface area contributed by atoms with Crippen molar-refractivity contribution in [3.8, 4) is 5.75 Å². The van der Waals surface area contributed by atoms with Gasteiger partial charge in [0.15, 0.2) is 6.61 Å². The van der Waals surface area contributed by atoms with Crippen LogP contribution in [-0.4, -0.2) is 37.6 Å². The van der Waals surface area contributed by atoms with Crippen LogP contribution in [0.1, 0.15) is 11.1 Å². The van der Waals surface area contributed by atoms with Gasteiger partial charge in [0.2, 0.25) is 0 Å². The van der Waals surface area contributed by atoms with Crippen molar-refractivity contribution in [1.82, 2.24) is 16.1 Å². The molecule has 0 spiro atoms. The molecule has 0 bridgehead atoms. The van der Waals surface area contributed by atoms with Crippen LogP contribution >= 0.6 is 15.9 Å². The molecule has 2 rings (SSSR count). The Morgan fingerprint density at radius 3 is 2.57 bits per heavy atom. The number of nitrogens with one attached hydrogen (secondary N) is 3. The van der Waals surface area contributed by atoms with Crippen LogP contribution in [0.5, 0.6) is 5.75 Å². The molecule has 146 valence electrons. The fourth-order valence-corrected chi connectivity index (χ4v) is 2.45. The Balaban J connectivity index is 1.93. The van der Waals surface area contributed by atoms with Gasteiger partial charge in [-0.2, -0.15) is 5.10 Å². The molecule has 9 heteroatoms. The van der Waals surface area contributed by atoms with E-state index in [0.717, 1.165) is 10.0 Å². The summed E-state index contributed by atoms with van der Waals surface area (Å²) in [6, 6.07) is 14.6. The highest BCUT2D eigenvalue weighted by Gasteiger charge is 2.10. The Kier molecular flexibility index (Phi) is 8.16. The van der Waals surface area contributed by atoms with Crippen molar-refractivity contribution < 1.29 is 19.1 Å². The highest BCUT2D eigenvalue weighted by atomic mass is 79.9. The zero-order valence-electron chi connectivity index (χ0n) is 15.1.